The smallest absolute Gasteiger partial charge is 0.365 e. The van der Waals surface area contributed by atoms with Gasteiger partial charge in [0.15, 0.2) is 11.5 Å². The minimum Gasteiger partial charge on any atom is -0.422 e. The van der Waals surface area contributed by atoms with Crippen LogP contribution in [0.5, 0.6) is 5.75 Å². The van der Waals surface area contributed by atoms with Crippen LogP contribution in [0.3, 0.4) is 0 Å². The molecule has 0 saturated heterocycles. The lowest BCUT2D eigenvalue weighted by molar-refractivity contribution is 0.0724. The molecule has 0 amide bonds. The molecule has 4 nitrogen and oxygen atoms in total. The Kier molecular flexibility index (Phi) is 3.70. The summed E-state index contributed by atoms with van der Waals surface area (Å²) in [5.74, 6) is -0.339. The molecular formula is C17H12FNO3. The zero-order valence-electron chi connectivity index (χ0n) is 11.7. The summed E-state index contributed by atoms with van der Waals surface area (Å²) >= 11 is 0. The second-order valence-corrected chi connectivity index (χ2v) is 4.79. The van der Waals surface area contributed by atoms with Gasteiger partial charge in [0.2, 0.25) is 0 Å². The molecule has 0 radical (unpaired) electrons. The van der Waals surface area contributed by atoms with Crippen LogP contribution in [0.15, 0.2) is 59.1 Å². The highest BCUT2D eigenvalue weighted by Crippen LogP contribution is 2.21. The lowest BCUT2D eigenvalue weighted by atomic mass is 10.1. The molecule has 110 valence electrons. The number of carbonyl (C=O) groups excluding carboxylic acids is 1. The Balaban J connectivity index is 1.76. The maximum Gasteiger partial charge on any atom is 0.365 e. The first-order valence-corrected chi connectivity index (χ1v) is 6.63. The second kappa shape index (κ2) is 5.81. The van der Waals surface area contributed by atoms with Crippen LogP contribution in [-0.4, -0.2) is 11.1 Å². The molecule has 0 aliphatic rings. The van der Waals surface area contributed by atoms with Crippen molar-refractivity contribution >= 4 is 5.97 Å². The monoisotopic (exact) mass is 297 g/mol. The zero-order chi connectivity index (χ0) is 15.5. The van der Waals surface area contributed by atoms with Gasteiger partial charge in [-0.25, -0.2) is 9.18 Å². The summed E-state index contributed by atoms with van der Waals surface area (Å²) in [6, 6.07) is 14.3. The van der Waals surface area contributed by atoms with E-state index in [-0.39, 0.29) is 11.4 Å². The molecule has 0 aliphatic carbocycles. The lowest BCUT2D eigenvalue weighted by Gasteiger charge is -2.00. The van der Waals surface area contributed by atoms with Crippen molar-refractivity contribution in [2.45, 2.75) is 6.92 Å². The largest absolute Gasteiger partial charge is 0.422 e. The minimum absolute atomic E-state index is 0.0555. The van der Waals surface area contributed by atoms with E-state index in [9.17, 15) is 9.18 Å². The van der Waals surface area contributed by atoms with Gasteiger partial charge in [0.25, 0.3) is 0 Å². The van der Waals surface area contributed by atoms with Crippen LogP contribution in [-0.2, 0) is 0 Å². The van der Waals surface area contributed by atoms with Crippen molar-refractivity contribution in [2.75, 3.05) is 0 Å². The normalized spacial score (nSPS) is 10.5. The van der Waals surface area contributed by atoms with Gasteiger partial charge in [-0.05, 0) is 31.2 Å². The molecular weight excluding hydrogens is 285 g/mol. The molecule has 0 spiro atoms. The van der Waals surface area contributed by atoms with Crippen LogP contribution in [0.4, 0.5) is 4.39 Å². The molecule has 1 aromatic heterocycles. The fourth-order valence-electron chi connectivity index (χ4n) is 1.89. The van der Waals surface area contributed by atoms with Gasteiger partial charge < -0.3 is 9.26 Å². The van der Waals surface area contributed by atoms with Crippen LogP contribution in [0, 0.1) is 12.7 Å². The van der Waals surface area contributed by atoms with E-state index >= 15 is 0 Å². The number of nitrogens with zero attached hydrogens (tertiary/aromatic N) is 1. The third kappa shape index (κ3) is 3.03. The van der Waals surface area contributed by atoms with Crippen molar-refractivity contribution in [3.63, 3.8) is 0 Å². The number of benzene rings is 2. The van der Waals surface area contributed by atoms with Crippen LogP contribution in [0.25, 0.3) is 11.3 Å². The average molecular weight is 297 g/mol. The van der Waals surface area contributed by atoms with E-state index in [4.69, 9.17) is 9.26 Å². The Labute approximate surface area is 126 Å². The number of aromatic nitrogens is 1. The molecule has 3 aromatic rings. The lowest BCUT2D eigenvalue weighted by Crippen LogP contribution is -2.08. The van der Waals surface area contributed by atoms with E-state index < -0.39 is 11.8 Å². The van der Waals surface area contributed by atoms with Gasteiger partial charge in [-0.2, -0.15) is 0 Å². The molecule has 0 N–H and O–H groups in total. The number of aryl methyl sites for hydroxylation is 1. The summed E-state index contributed by atoms with van der Waals surface area (Å²) in [7, 11) is 0. The molecule has 0 fully saturated rings. The molecule has 1 heterocycles. The van der Waals surface area contributed by atoms with Crippen LogP contribution in [0.1, 0.15) is 16.1 Å². The van der Waals surface area contributed by atoms with E-state index in [2.05, 4.69) is 5.16 Å². The summed E-state index contributed by atoms with van der Waals surface area (Å²) in [6.45, 7) is 1.98. The predicted octanol–water partition coefficient (Wildman–Crippen LogP) is 4.01. The van der Waals surface area contributed by atoms with E-state index in [1.54, 1.807) is 0 Å². The Morgan fingerprint density at radius 1 is 1.09 bits per heavy atom. The number of hydrogen-bond donors (Lipinski definition) is 0. The van der Waals surface area contributed by atoms with Crippen LogP contribution in [0.2, 0.25) is 0 Å². The highest BCUT2D eigenvalue weighted by Gasteiger charge is 2.16. The SMILES string of the molecule is Cc1ccc(-c2cc(C(=O)Oc3ccc(F)cc3)no2)cc1. The Morgan fingerprint density at radius 2 is 1.77 bits per heavy atom. The van der Waals surface area contributed by atoms with Crippen molar-refractivity contribution in [3.8, 4) is 17.1 Å². The highest BCUT2D eigenvalue weighted by atomic mass is 19.1. The van der Waals surface area contributed by atoms with Crippen LogP contribution < -0.4 is 4.74 Å². The number of hydrogen-bond acceptors (Lipinski definition) is 4. The Bertz CT molecular complexity index is 792. The second-order valence-electron chi connectivity index (χ2n) is 4.79. The van der Waals surface area contributed by atoms with E-state index in [0.29, 0.717) is 5.76 Å². The molecule has 22 heavy (non-hydrogen) atoms. The third-order valence-electron chi connectivity index (χ3n) is 3.08. The van der Waals surface area contributed by atoms with Crippen molar-refractivity contribution in [3.05, 3.63) is 71.7 Å². The standard InChI is InChI=1S/C17H12FNO3/c1-11-2-4-12(5-3-11)16-10-15(19-22-16)17(20)21-14-8-6-13(18)7-9-14/h2-10H,1H3. The highest BCUT2D eigenvalue weighted by molar-refractivity contribution is 5.89. The van der Waals surface area contributed by atoms with Gasteiger partial charge in [0, 0.05) is 11.6 Å². The van der Waals surface area contributed by atoms with Gasteiger partial charge in [0.05, 0.1) is 0 Å². The maximum absolute atomic E-state index is 12.8. The topological polar surface area (TPSA) is 52.3 Å². The van der Waals surface area contributed by atoms with Crippen LogP contribution >= 0.6 is 0 Å². The number of esters is 1. The Morgan fingerprint density at radius 3 is 2.45 bits per heavy atom. The fourth-order valence-corrected chi connectivity index (χ4v) is 1.89. The molecule has 2 aromatic carbocycles. The number of halogens is 1. The van der Waals surface area contributed by atoms with Gasteiger partial charge in [0.1, 0.15) is 11.6 Å². The maximum atomic E-state index is 12.8. The summed E-state index contributed by atoms with van der Waals surface area (Å²) in [5.41, 5.74) is 2.00. The average Bonchev–Trinajstić information content (AvgIpc) is 3.00. The van der Waals surface area contributed by atoms with Crippen molar-refractivity contribution in [1.29, 1.82) is 0 Å². The van der Waals surface area contributed by atoms with Gasteiger partial charge in [-0.1, -0.05) is 35.0 Å². The van der Waals surface area contributed by atoms with E-state index in [1.807, 2.05) is 31.2 Å². The third-order valence-corrected chi connectivity index (χ3v) is 3.08. The van der Waals surface area contributed by atoms with Gasteiger partial charge in [-0.15, -0.1) is 0 Å². The van der Waals surface area contributed by atoms with Crippen molar-refractivity contribution < 1.29 is 18.4 Å². The fraction of sp³-hybridized carbons (Fsp3) is 0.0588. The molecule has 0 unspecified atom stereocenters. The molecule has 0 bridgehead atoms. The molecule has 0 aliphatic heterocycles. The predicted molar refractivity (Wildman–Crippen MR) is 78.0 cm³/mol. The Hall–Kier alpha value is -2.95. The summed E-state index contributed by atoms with van der Waals surface area (Å²) < 4.78 is 23.1. The number of ether oxygens (including phenoxy) is 1. The summed E-state index contributed by atoms with van der Waals surface area (Å²) in [5, 5.41) is 3.71. The zero-order valence-corrected chi connectivity index (χ0v) is 11.7. The molecule has 5 heteroatoms. The number of carbonyl (C=O) groups is 1. The number of rotatable bonds is 3. The molecule has 0 atom stereocenters. The minimum atomic E-state index is -0.659. The first-order chi connectivity index (χ1) is 10.6. The van der Waals surface area contributed by atoms with E-state index in [0.717, 1.165) is 11.1 Å². The van der Waals surface area contributed by atoms with E-state index in [1.165, 1.54) is 30.3 Å². The summed E-state index contributed by atoms with van der Waals surface area (Å²) in [4.78, 5) is 12.0. The van der Waals surface area contributed by atoms with Crippen molar-refractivity contribution in [2.24, 2.45) is 0 Å². The first-order valence-electron chi connectivity index (χ1n) is 6.63. The first kappa shape index (κ1) is 14.0. The quantitative estimate of drug-likeness (QED) is 0.541. The summed E-state index contributed by atoms with van der Waals surface area (Å²) in [6.07, 6.45) is 0. The van der Waals surface area contributed by atoms with Crippen molar-refractivity contribution in [1.82, 2.24) is 5.16 Å². The van der Waals surface area contributed by atoms with Gasteiger partial charge in [-0.3, -0.25) is 0 Å². The molecule has 0 saturated carbocycles. The molecule has 3 rings (SSSR count). The van der Waals surface area contributed by atoms with Gasteiger partial charge >= 0.3 is 5.97 Å².